The van der Waals surface area contributed by atoms with Crippen LogP contribution in [0.4, 0.5) is 4.39 Å². The van der Waals surface area contributed by atoms with E-state index in [-0.39, 0.29) is 34.7 Å². The largest absolute Gasteiger partial charge is 0.489 e. The lowest BCUT2D eigenvalue weighted by Gasteiger charge is -2.63. The van der Waals surface area contributed by atoms with Crippen LogP contribution in [0, 0.1) is 41.8 Å². The number of halogens is 1. The molecule has 0 heterocycles. The number of nitrogens with one attached hydrogen (secondary N) is 1. The highest BCUT2D eigenvalue weighted by atomic mass is 19.1. The van der Waals surface area contributed by atoms with E-state index in [1.54, 1.807) is 31.2 Å². The fourth-order valence-corrected chi connectivity index (χ4v) is 4.72. The van der Waals surface area contributed by atoms with Crippen molar-refractivity contribution in [3.8, 4) is 11.8 Å². The summed E-state index contributed by atoms with van der Waals surface area (Å²) in [7, 11) is 0. The first-order chi connectivity index (χ1) is 13.5. The van der Waals surface area contributed by atoms with E-state index >= 15 is 0 Å². The SMILES string of the molecule is Cc1ccc(C(=O)N[C@H]2C(C)(C)[C@H](Oc3ccc(C#N)c(C)c3)C2(C)C)cc1F. The number of nitriles is 1. The molecule has 0 aliphatic heterocycles. The quantitative estimate of drug-likeness (QED) is 0.800. The molecular weight excluding hydrogens is 367 g/mol. The van der Waals surface area contributed by atoms with Gasteiger partial charge in [0.15, 0.2) is 0 Å². The van der Waals surface area contributed by atoms with Gasteiger partial charge in [0, 0.05) is 22.4 Å². The lowest BCUT2D eigenvalue weighted by Crippen LogP contribution is -2.74. The van der Waals surface area contributed by atoms with Gasteiger partial charge >= 0.3 is 0 Å². The molecule has 1 fully saturated rings. The molecule has 1 amide bonds. The first-order valence-electron chi connectivity index (χ1n) is 9.73. The summed E-state index contributed by atoms with van der Waals surface area (Å²) in [5.41, 5.74) is 1.66. The van der Waals surface area contributed by atoms with E-state index in [2.05, 4.69) is 39.1 Å². The summed E-state index contributed by atoms with van der Waals surface area (Å²) in [4.78, 5) is 12.7. The highest BCUT2D eigenvalue weighted by Gasteiger charge is 2.64. The van der Waals surface area contributed by atoms with E-state index in [4.69, 9.17) is 10.00 Å². The van der Waals surface area contributed by atoms with Gasteiger partial charge in [0.05, 0.1) is 11.6 Å². The average Bonchev–Trinajstić information content (AvgIpc) is 2.65. The fraction of sp³-hybridized carbons (Fsp3) is 0.417. The van der Waals surface area contributed by atoms with E-state index in [1.165, 1.54) is 6.07 Å². The first kappa shape index (κ1) is 20.9. The van der Waals surface area contributed by atoms with Crippen LogP contribution in [-0.4, -0.2) is 18.1 Å². The lowest BCUT2D eigenvalue weighted by atomic mass is 9.49. The van der Waals surface area contributed by atoms with Gasteiger partial charge in [-0.15, -0.1) is 0 Å². The molecule has 0 saturated heterocycles. The third kappa shape index (κ3) is 3.60. The van der Waals surface area contributed by atoms with Crippen LogP contribution in [-0.2, 0) is 0 Å². The second kappa shape index (κ2) is 7.18. The van der Waals surface area contributed by atoms with E-state index in [0.29, 0.717) is 22.4 Å². The van der Waals surface area contributed by atoms with E-state index in [0.717, 1.165) is 5.56 Å². The van der Waals surface area contributed by atoms with Gasteiger partial charge in [0.1, 0.15) is 17.7 Å². The Kier molecular flexibility index (Phi) is 5.17. The highest BCUT2D eigenvalue weighted by molar-refractivity contribution is 5.94. The van der Waals surface area contributed by atoms with Crippen LogP contribution in [0.2, 0.25) is 0 Å². The Bertz CT molecular complexity index is 988. The molecule has 0 aromatic heterocycles. The topological polar surface area (TPSA) is 62.1 Å². The van der Waals surface area contributed by atoms with Crippen LogP contribution >= 0.6 is 0 Å². The maximum Gasteiger partial charge on any atom is 0.251 e. The van der Waals surface area contributed by atoms with Gasteiger partial charge in [0.25, 0.3) is 5.91 Å². The number of nitrogens with zero attached hydrogens (tertiary/aromatic N) is 1. The van der Waals surface area contributed by atoms with Crippen molar-refractivity contribution in [2.24, 2.45) is 10.8 Å². The Morgan fingerprint density at radius 3 is 2.28 bits per heavy atom. The molecule has 1 saturated carbocycles. The van der Waals surface area contributed by atoms with Crippen LogP contribution < -0.4 is 10.1 Å². The molecule has 3 rings (SSSR count). The summed E-state index contributed by atoms with van der Waals surface area (Å²) in [5, 5.41) is 12.2. The lowest BCUT2D eigenvalue weighted by molar-refractivity contribution is -0.164. The number of amides is 1. The molecule has 152 valence electrons. The normalized spacial score (nSPS) is 21.6. The van der Waals surface area contributed by atoms with Crippen molar-refractivity contribution in [3.05, 3.63) is 64.5 Å². The third-order valence-electron chi connectivity index (χ3n) is 6.12. The molecule has 0 atom stereocenters. The molecule has 2 aromatic rings. The van der Waals surface area contributed by atoms with Gasteiger partial charge in [-0.25, -0.2) is 4.39 Å². The Morgan fingerprint density at radius 1 is 1.07 bits per heavy atom. The summed E-state index contributed by atoms with van der Waals surface area (Å²) in [6.45, 7) is 11.8. The third-order valence-corrected chi connectivity index (χ3v) is 6.12. The number of aryl methyl sites for hydroxylation is 2. The van der Waals surface area contributed by atoms with Crippen LogP contribution in [0.15, 0.2) is 36.4 Å². The zero-order valence-corrected chi connectivity index (χ0v) is 17.8. The monoisotopic (exact) mass is 394 g/mol. The molecule has 5 heteroatoms. The molecular formula is C24H27FN2O2. The van der Waals surface area contributed by atoms with Crippen LogP contribution in [0.5, 0.6) is 5.75 Å². The molecule has 4 nitrogen and oxygen atoms in total. The molecule has 0 bridgehead atoms. The molecule has 29 heavy (non-hydrogen) atoms. The number of hydrogen-bond donors (Lipinski definition) is 1. The van der Waals surface area contributed by atoms with Crippen molar-refractivity contribution in [3.63, 3.8) is 0 Å². The maximum absolute atomic E-state index is 13.8. The predicted octanol–water partition coefficient (Wildman–Crippen LogP) is 4.93. The van der Waals surface area contributed by atoms with Crippen molar-refractivity contribution >= 4 is 5.91 Å². The van der Waals surface area contributed by atoms with Crippen LogP contribution in [0.3, 0.4) is 0 Å². The number of rotatable bonds is 4. The molecule has 1 aliphatic carbocycles. The van der Waals surface area contributed by atoms with Crippen LogP contribution in [0.25, 0.3) is 0 Å². The van der Waals surface area contributed by atoms with Gasteiger partial charge in [-0.05, 0) is 55.3 Å². The zero-order chi connectivity index (χ0) is 21.6. The van der Waals surface area contributed by atoms with Gasteiger partial charge in [-0.3, -0.25) is 4.79 Å². The van der Waals surface area contributed by atoms with Gasteiger partial charge in [-0.1, -0.05) is 33.8 Å². The predicted molar refractivity (Wildman–Crippen MR) is 110 cm³/mol. The number of carbonyl (C=O) groups is 1. The Hall–Kier alpha value is -2.87. The number of ether oxygens (including phenoxy) is 1. The molecule has 0 unspecified atom stereocenters. The standard InChI is InChI=1S/C24H27FN2O2/c1-14-7-8-16(12-19(14)25)20(28)27-21-23(3,4)22(24(21,5)6)29-18-10-9-17(13-26)15(2)11-18/h7-12,21-22H,1-6H3,(H,27,28)/t21-,22-. The van der Waals surface area contributed by atoms with Crippen molar-refractivity contribution < 1.29 is 13.9 Å². The highest BCUT2D eigenvalue weighted by Crippen LogP contribution is 2.55. The van der Waals surface area contributed by atoms with Gasteiger partial charge < -0.3 is 10.1 Å². The zero-order valence-electron chi connectivity index (χ0n) is 17.8. The van der Waals surface area contributed by atoms with Crippen molar-refractivity contribution in [1.29, 1.82) is 5.26 Å². The minimum Gasteiger partial charge on any atom is -0.489 e. The van der Waals surface area contributed by atoms with Gasteiger partial charge in [0.2, 0.25) is 0 Å². The summed E-state index contributed by atoms with van der Waals surface area (Å²) in [6, 6.07) is 12.0. The Morgan fingerprint density at radius 2 is 1.72 bits per heavy atom. The average molecular weight is 394 g/mol. The van der Waals surface area contributed by atoms with Crippen LogP contribution in [0.1, 0.15) is 54.7 Å². The summed E-state index contributed by atoms with van der Waals surface area (Å²) >= 11 is 0. The van der Waals surface area contributed by atoms with Gasteiger partial charge in [-0.2, -0.15) is 5.26 Å². The van der Waals surface area contributed by atoms with E-state index < -0.39 is 0 Å². The van der Waals surface area contributed by atoms with Crippen molar-refractivity contribution in [2.45, 2.75) is 53.7 Å². The number of carbonyl (C=O) groups excluding carboxylic acids is 1. The summed E-state index contributed by atoms with van der Waals surface area (Å²) in [6.07, 6.45) is -0.137. The second-order valence-corrected chi connectivity index (χ2v) is 9.10. The van der Waals surface area contributed by atoms with Crippen molar-refractivity contribution in [2.75, 3.05) is 0 Å². The minimum absolute atomic E-state index is 0.137. The van der Waals surface area contributed by atoms with Crippen molar-refractivity contribution in [1.82, 2.24) is 5.32 Å². The Labute approximate surface area is 171 Å². The summed E-state index contributed by atoms with van der Waals surface area (Å²) < 4.78 is 20.1. The molecule has 2 aromatic carbocycles. The molecule has 0 radical (unpaired) electrons. The first-order valence-corrected chi connectivity index (χ1v) is 9.73. The van der Waals surface area contributed by atoms with E-state index in [1.807, 2.05) is 13.0 Å². The Balaban J connectivity index is 1.77. The minimum atomic E-state index is -0.387. The second-order valence-electron chi connectivity index (χ2n) is 9.10. The molecule has 0 spiro atoms. The smallest absolute Gasteiger partial charge is 0.251 e. The molecule has 1 aliphatic rings. The number of hydrogen-bond acceptors (Lipinski definition) is 3. The molecule has 1 N–H and O–H groups in total. The fourth-order valence-electron chi connectivity index (χ4n) is 4.72. The summed E-state index contributed by atoms with van der Waals surface area (Å²) in [5.74, 6) is 0.0305. The van der Waals surface area contributed by atoms with E-state index in [9.17, 15) is 9.18 Å². The number of benzene rings is 2. The maximum atomic E-state index is 13.8.